The maximum Gasteiger partial charge on any atom is 0.410 e. The van der Waals surface area contributed by atoms with Gasteiger partial charge < -0.3 is 20.3 Å². The van der Waals surface area contributed by atoms with Crippen molar-refractivity contribution in [3.63, 3.8) is 0 Å². The summed E-state index contributed by atoms with van der Waals surface area (Å²) in [6.45, 7) is 14.7. The van der Waals surface area contributed by atoms with E-state index in [0.717, 1.165) is 49.0 Å². The molecule has 0 aromatic carbocycles. The number of nitrogens with zero attached hydrogens (tertiary/aromatic N) is 3. The molecule has 0 aliphatic carbocycles. The van der Waals surface area contributed by atoms with Crippen LogP contribution in [-0.2, 0) is 11.2 Å². The molecule has 0 spiro atoms. The molecule has 1 aliphatic rings. The molecule has 1 fully saturated rings. The lowest BCUT2D eigenvalue weighted by atomic mass is 10.1. The second-order valence-electron chi connectivity index (χ2n) is 8.16. The van der Waals surface area contributed by atoms with Crippen molar-refractivity contribution < 1.29 is 9.53 Å². The minimum atomic E-state index is -0.471. The molecule has 1 amide bonds. The van der Waals surface area contributed by atoms with Gasteiger partial charge in [0.15, 0.2) is 5.96 Å². The summed E-state index contributed by atoms with van der Waals surface area (Å²) in [5.74, 6) is 0.803. The number of halogens is 1. The number of carbonyl (C=O) groups is 1. The third kappa shape index (κ3) is 9.06. The van der Waals surface area contributed by atoms with Crippen LogP contribution in [0.3, 0.4) is 0 Å². The topological polar surface area (TPSA) is 78.9 Å². The van der Waals surface area contributed by atoms with Gasteiger partial charge in [0.2, 0.25) is 0 Å². The van der Waals surface area contributed by atoms with Crippen LogP contribution < -0.4 is 10.6 Å². The average Bonchev–Trinajstić information content (AvgIpc) is 2.91. The van der Waals surface area contributed by atoms with Crippen LogP contribution in [-0.4, -0.2) is 59.8 Å². The molecule has 0 radical (unpaired) electrons. The summed E-state index contributed by atoms with van der Waals surface area (Å²) in [7, 11) is 0. The molecule has 29 heavy (non-hydrogen) atoms. The standard InChI is InChI=1S/C20H35N5O2S.HI/c1-7-21-18(22-11-10-17-14(2)23-15(3)28-17)24-16-9-8-12-25(13-16)19(26)27-20(4,5)6;/h16H,7-13H2,1-6H3,(H2,21,22,24);1H. The third-order valence-electron chi connectivity index (χ3n) is 4.37. The van der Waals surface area contributed by atoms with E-state index in [2.05, 4.69) is 29.5 Å². The number of hydrogen-bond donors (Lipinski definition) is 2. The van der Waals surface area contributed by atoms with Crippen molar-refractivity contribution in [2.75, 3.05) is 26.2 Å². The monoisotopic (exact) mass is 537 g/mol. The van der Waals surface area contributed by atoms with Crippen molar-refractivity contribution in [1.82, 2.24) is 20.5 Å². The van der Waals surface area contributed by atoms with Crippen LogP contribution >= 0.6 is 35.3 Å². The number of guanidine groups is 1. The zero-order chi connectivity index (χ0) is 20.7. The maximum absolute atomic E-state index is 12.4. The van der Waals surface area contributed by atoms with Crippen LogP contribution in [0.15, 0.2) is 4.99 Å². The van der Waals surface area contributed by atoms with Crippen LogP contribution in [0.5, 0.6) is 0 Å². The number of hydrogen-bond acceptors (Lipinski definition) is 5. The minimum absolute atomic E-state index is 0. The van der Waals surface area contributed by atoms with E-state index in [-0.39, 0.29) is 36.1 Å². The first kappa shape index (κ1) is 25.9. The first-order chi connectivity index (χ1) is 13.2. The molecular formula is C20H36IN5O2S. The number of rotatable bonds is 5. The molecular weight excluding hydrogens is 501 g/mol. The van der Waals surface area contributed by atoms with Gasteiger partial charge >= 0.3 is 6.09 Å². The number of piperidine rings is 1. The molecule has 1 atom stereocenters. The van der Waals surface area contributed by atoms with Crippen molar-refractivity contribution in [2.24, 2.45) is 4.99 Å². The molecule has 7 nitrogen and oxygen atoms in total. The number of likely N-dealkylation sites (tertiary alicyclic amines) is 1. The molecule has 2 heterocycles. The lowest BCUT2D eigenvalue weighted by Gasteiger charge is -2.35. The van der Waals surface area contributed by atoms with Gasteiger partial charge in [0.1, 0.15) is 5.60 Å². The summed E-state index contributed by atoms with van der Waals surface area (Å²) >= 11 is 1.74. The first-order valence-corrected chi connectivity index (χ1v) is 10.9. The lowest BCUT2D eigenvalue weighted by Crippen LogP contribution is -2.53. The fourth-order valence-electron chi connectivity index (χ4n) is 3.18. The van der Waals surface area contributed by atoms with E-state index < -0.39 is 5.60 Å². The van der Waals surface area contributed by atoms with E-state index in [0.29, 0.717) is 13.1 Å². The molecule has 166 valence electrons. The highest BCUT2D eigenvalue weighted by Crippen LogP contribution is 2.18. The lowest BCUT2D eigenvalue weighted by molar-refractivity contribution is 0.0193. The predicted octanol–water partition coefficient (Wildman–Crippen LogP) is 3.88. The Balaban J connectivity index is 0.00000420. The molecule has 0 saturated carbocycles. The summed E-state index contributed by atoms with van der Waals surface area (Å²) in [6.07, 6.45) is 2.62. The number of ether oxygens (including phenoxy) is 1. The second kappa shape index (κ2) is 11.9. The van der Waals surface area contributed by atoms with Crippen LogP contribution in [0.1, 0.15) is 56.1 Å². The Bertz CT molecular complexity index is 687. The van der Waals surface area contributed by atoms with E-state index in [1.807, 2.05) is 27.7 Å². The highest BCUT2D eigenvalue weighted by molar-refractivity contribution is 14.0. The number of amides is 1. The molecule has 1 aromatic rings. The number of aryl methyl sites for hydroxylation is 2. The first-order valence-electron chi connectivity index (χ1n) is 10.1. The fraction of sp³-hybridized carbons (Fsp3) is 0.750. The summed E-state index contributed by atoms with van der Waals surface area (Å²) in [5, 5.41) is 7.90. The van der Waals surface area contributed by atoms with Crippen LogP contribution in [0.2, 0.25) is 0 Å². The number of thiazole rings is 1. The van der Waals surface area contributed by atoms with E-state index in [1.165, 1.54) is 4.88 Å². The van der Waals surface area contributed by atoms with Gasteiger partial charge in [-0.05, 0) is 54.4 Å². The molecule has 2 rings (SSSR count). The summed E-state index contributed by atoms with van der Waals surface area (Å²) in [4.78, 5) is 24.6. The van der Waals surface area contributed by atoms with E-state index >= 15 is 0 Å². The quantitative estimate of drug-likeness (QED) is 0.339. The fourth-order valence-corrected chi connectivity index (χ4v) is 4.10. The minimum Gasteiger partial charge on any atom is -0.444 e. The van der Waals surface area contributed by atoms with Gasteiger partial charge in [-0.3, -0.25) is 4.99 Å². The number of carbonyl (C=O) groups excluding carboxylic acids is 1. The average molecular weight is 538 g/mol. The van der Waals surface area contributed by atoms with Crippen molar-refractivity contribution in [3.8, 4) is 0 Å². The summed E-state index contributed by atoms with van der Waals surface area (Å²) in [6, 6.07) is 0.173. The number of nitrogens with one attached hydrogen (secondary N) is 2. The SMILES string of the molecule is CCNC(=NCCc1sc(C)nc1C)NC1CCCN(C(=O)OC(C)(C)C)C1.I. The Labute approximate surface area is 196 Å². The smallest absolute Gasteiger partial charge is 0.410 e. The van der Waals surface area contributed by atoms with Gasteiger partial charge in [0, 0.05) is 43.5 Å². The van der Waals surface area contributed by atoms with E-state index in [1.54, 1.807) is 16.2 Å². The van der Waals surface area contributed by atoms with Gasteiger partial charge in [0.05, 0.1) is 10.7 Å². The molecule has 9 heteroatoms. The highest BCUT2D eigenvalue weighted by atomic mass is 127. The van der Waals surface area contributed by atoms with E-state index in [9.17, 15) is 4.79 Å². The maximum atomic E-state index is 12.4. The normalized spacial score (nSPS) is 17.5. The number of aliphatic imine (C=N–C) groups is 1. The molecule has 1 saturated heterocycles. The predicted molar refractivity (Wildman–Crippen MR) is 131 cm³/mol. The molecule has 1 aromatic heterocycles. The van der Waals surface area contributed by atoms with Crippen LogP contribution in [0.4, 0.5) is 4.79 Å². The zero-order valence-corrected chi connectivity index (χ0v) is 21.6. The Hall–Kier alpha value is -1.10. The molecule has 1 unspecified atom stereocenters. The highest BCUT2D eigenvalue weighted by Gasteiger charge is 2.28. The van der Waals surface area contributed by atoms with Crippen molar-refractivity contribution in [1.29, 1.82) is 0 Å². The molecule has 1 aliphatic heterocycles. The van der Waals surface area contributed by atoms with Crippen molar-refractivity contribution >= 4 is 47.4 Å². The van der Waals surface area contributed by atoms with Gasteiger partial charge in [-0.2, -0.15) is 0 Å². The number of aromatic nitrogens is 1. The van der Waals surface area contributed by atoms with Crippen LogP contribution in [0.25, 0.3) is 0 Å². The Morgan fingerprint density at radius 3 is 2.69 bits per heavy atom. The Morgan fingerprint density at radius 1 is 1.38 bits per heavy atom. The summed E-state index contributed by atoms with van der Waals surface area (Å²) < 4.78 is 5.51. The zero-order valence-electron chi connectivity index (χ0n) is 18.5. The Morgan fingerprint density at radius 2 is 2.10 bits per heavy atom. The van der Waals surface area contributed by atoms with Gasteiger partial charge in [0.25, 0.3) is 0 Å². The van der Waals surface area contributed by atoms with Crippen LogP contribution in [0, 0.1) is 13.8 Å². The van der Waals surface area contributed by atoms with Gasteiger partial charge in [-0.25, -0.2) is 9.78 Å². The molecule has 0 bridgehead atoms. The van der Waals surface area contributed by atoms with Gasteiger partial charge in [-0.1, -0.05) is 0 Å². The second-order valence-corrected chi connectivity index (χ2v) is 9.45. The summed E-state index contributed by atoms with van der Waals surface area (Å²) in [5.41, 5.74) is 0.636. The van der Waals surface area contributed by atoms with Crippen molar-refractivity contribution in [2.45, 2.75) is 72.4 Å². The van der Waals surface area contributed by atoms with Gasteiger partial charge in [-0.15, -0.1) is 35.3 Å². The Kier molecular flexibility index (Phi) is 10.7. The molecule has 2 N–H and O–H groups in total. The third-order valence-corrected chi connectivity index (χ3v) is 5.50. The van der Waals surface area contributed by atoms with E-state index in [4.69, 9.17) is 9.73 Å². The van der Waals surface area contributed by atoms with Crippen molar-refractivity contribution in [3.05, 3.63) is 15.6 Å². The largest absolute Gasteiger partial charge is 0.444 e.